The van der Waals surface area contributed by atoms with E-state index in [1.165, 1.54) is 7.05 Å². The number of alkyl carbamates (subject to hydrolysis) is 1. The molecule has 0 bridgehead atoms. The third-order valence-electron chi connectivity index (χ3n) is 3.24. The van der Waals surface area contributed by atoms with Crippen molar-refractivity contribution in [2.45, 2.75) is 18.8 Å². The molecule has 1 saturated heterocycles. The fourth-order valence-corrected chi connectivity index (χ4v) is 2.26. The summed E-state index contributed by atoms with van der Waals surface area (Å²) in [7, 11) is 1.31. The van der Waals surface area contributed by atoms with Gasteiger partial charge in [0.15, 0.2) is 0 Å². The zero-order valence-electron chi connectivity index (χ0n) is 18.6. The van der Waals surface area contributed by atoms with Crippen LogP contribution in [0.25, 0.3) is 10.9 Å². The van der Waals surface area contributed by atoms with Crippen LogP contribution in [0.5, 0.6) is 0 Å². The minimum Gasteiger partial charge on any atom is -0.447 e. The third kappa shape index (κ3) is 3.19. The predicted molar refractivity (Wildman–Crippen MR) is 82.5 cm³/mol. The lowest BCUT2D eigenvalue weighted by atomic mass is 10.0. The number of carbonyl (C=O) groups is 1. The molecule has 0 radical (unpaired) electrons. The molecule has 1 fully saturated rings. The van der Waals surface area contributed by atoms with E-state index < -0.39 is 32.0 Å². The van der Waals surface area contributed by atoms with Crippen LogP contribution in [0.15, 0.2) is 24.4 Å². The summed E-state index contributed by atoms with van der Waals surface area (Å²) >= 11 is 0. The summed E-state index contributed by atoms with van der Waals surface area (Å²) in [6.45, 7) is -2.97. The van der Waals surface area contributed by atoms with Crippen molar-refractivity contribution in [3.8, 4) is 0 Å². The molecule has 1 aromatic heterocycles. The van der Waals surface area contributed by atoms with Crippen molar-refractivity contribution in [2.24, 2.45) is 0 Å². The van der Waals surface area contributed by atoms with Crippen LogP contribution in [0.1, 0.15) is 20.7 Å². The Bertz CT molecular complexity index is 912. The lowest BCUT2D eigenvalue weighted by Gasteiger charge is -2.09. The molecule has 21 heavy (non-hydrogen) atoms. The van der Waals surface area contributed by atoms with Crippen molar-refractivity contribution in [3.05, 3.63) is 35.5 Å². The van der Waals surface area contributed by atoms with E-state index in [9.17, 15) is 4.79 Å². The molecule has 3 rings (SSSR count). The van der Waals surface area contributed by atoms with Crippen molar-refractivity contribution in [2.75, 3.05) is 27.2 Å². The molecule has 5 heteroatoms. The number of hydrogen-bond acceptors (Lipinski definition) is 3. The van der Waals surface area contributed by atoms with Crippen LogP contribution >= 0.6 is 0 Å². The molecule has 2 heterocycles. The Morgan fingerprint density at radius 2 is 2.57 bits per heavy atom. The normalized spacial score (nSPS) is 27.9. The summed E-state index contributed by atoms with van der Waals surface area (Å²) in [4.78, 5) is 15.0. The topological polar surface area (TPSA) is 57.4 Å². The van der Waals surface area contributed by atoms with Gasteiger partial charge in [0.1, 0.15) is 6.61 Å². The minimum absolute atomic E-state index is 0.0613. The van der Waals surface area contributed by atoms with E-state index in [0.717, 1.165) is 4.90 Å². The number of nitrogens with one attached hydrogen (secondary N) is 2. The van der Waals surface area contributed by atoms with Crippen LogP contribution in [-0.4, -0.2) is 49.2 Å². The van der Waals surface area contributed by atoms with Gasteiger partial charge < -0.3 is 19.9 Å². The SMILES string of the molecule is [2H]c1[nH]c2ccc(C[C@@]3([2H])COC(=O)N3)cc2c1C([2H])([2H])CN(C)C([2H])([2H])[2H]. The number of rotatable bonds is 5. The second-order valence-electron chi connectivity index (χ2n) is 5.02. The number of hydrogen-bond donors (Lipinski definition) is 2. The largest absolute Gasteiger partial charge is 0.447 e. The summed E-state index contributed by atoms with van der Waals surface area (Å²) in [6, 6.07) is 3.75. The minimum atomic E-state index is -2.45. The molecule has 1 amide bonds. The van der Waals surface area contributed by atoms with E-state index >= 15 is 0 Å². The van der Waals surface area contributed by atoms with Gasteiger partial charge in [-0.25, -0.2) is 4.79 Å². The molecule has 2 N–H and O–H groups in total. The molecular formula is C16H21N3O2. The van der Waals surface area contributed by atoms with Crippen molar-refractivity contribution in [3.63, 3.8) is 0 Å². The fourth-order valence-electron chi connectivity index (χ4n) is 2.26. The number of nitrogens with zero attached hydrogens (tertiary/aromatic N) is 1. The molecule has 1 aliphatic heterocycles. The van der Waals surface area contributed by atoms with E-state index in [0.29, 0.717) is 16.5 Å². The molecule has 1 aliphatic rings. The molecule has 1 atom stereocenters. The van der Waals surface area contributed by atoms with E-state index in [1.54, 1.807) is 18.2 Å². The van der Waals surface area contributed by atoms with E-state index in [4.69, 9.17) is 14.3 Å². The number of H-pyrrole nitrogens is 1. The standard InChI is InChI=1S/C16H21N3O2/c1-19(2)6-5-12-9-17-15-4-3-11(8-14(12)15)7-13-10-21-16(20)18-13/h3-4,8-9,13,17H,5-7,10H2,1-2H3,(H,18,20)/t13-/m0/s1/i1D3,5D2,9D,13D. The van der Waals surface area contributed by atoms with E-state index in [-0.39, 0.29) is 24.8 Å². The van der Waals surface area contributed by atoms with E-state index in [1.807, 2.05) is 0 Å². The lowest BCUT2D eigenvalue weighted by molar-refractivity contribution is 0.177. The average molecular weight is 294 g/mol. The summed E-state index contributed by atoms with van der Waals surface area (Å²) in [5.41, 5.74) is 1.26. The highest BCUT2D eigenvalue weighted by molar-refractivity contribution is 5.84. The molecule has 0 saturated carbocycles. The van der Waals surface area contributed by atoms with Crippen LogP contribution in [0.4, 0.5) is 4.79 Å². The maximum atomic E-state index is 11.3. The van der Waals surface area contributed by atoms with Gasteiger partial charge in [-0.15, -0.1) is 0 Å². The predicted octanol–water partition coefficient (Wildman–Crippen LogP) is 1.92. The van der Waals surface area contributed by atoms with Gasteiger partial charge in [0.05, 0.1) is 8.76 Å². The number of aromatic amines is 1. The lowest BCUT2D eigenvalue weighted by Crippen LogP contribution is -2.28. The third-order valence-corrected chi connectivity index (χ3v) is 3.24. The number of ether oxygens (including phenoxy) is 1. The number of benzene rings is 1. The summed E-state index contributed by atoms with van der Waals surface area (Å²) < 4.78 is 60.3. The Balaban J connectivity index is 1.96. The maximum Gasteiger partial charge on any atom is 0.407 e. The van der Waals surface area contributed by atoms with Crippen LogP contribution in [0, 0.1) is 0 Å². The Hall–Kier alpha value is -2.01. The molecule has 112 valence electrons. The van der Waals surface area contributed by atoms with Crippen molar-refractivity contribution in [1.82, 2.24) is 15.2 Å². The van der Waals surface area contributed by atoms with Gasteiger partial charge in [-0.3, -0.25) is 0 Å². The monoisotopic (exact) mass is 294 g/mol. The average Bonchev–Trinajstić information content (AvgIpc) is 3.04. The maximum absolute atomic E-state index is 11.3. The van der Waals surface area contributed by atoms with Crippen molar-refractivity contribution >= 4 is 17.0 Å². The summed E-state index contributed by atoms with van der Waals surface area (Å²) in [5, 5.41) is 2.88. The second kappa shape index (κ2) is 5.77. The van der Waals surface area contributed by atoms with Crippen molar-refractivity contribution in [1.29, 1.82) is 0 Å². The van der Waals surface area contributed by atoms with Gasteiger partial charge >= 0.3 is 6.09 Å². The quantitative estimate of drug-likeness (QED) is 0.886. The zero-order chi connectivity index (χ0) is 20.9. The van der Waals surface area contributed by atoms with Crippen LogP contribution < -0.4 is 5.32 Å². The molecule has 0 aliphatic carbocycles. The Kier molecular flexibility index (Phi) is 2.16. The Morgan fingerprint density at radius 3 is 3.33 bits per heavy atom. The van der Waals surface area contributed by atoms with Crippen LogP contribution in [0.3, 0.4) is 0 Å². The van der Waals surface area contributed by atoms with Crippen LogP contribution in [0.2, 0.25) is 0 Å². The van der Waals surface area contributed by atoms with Gasteiger partial charge in [-0.05, 0) is 50.1 Å². The number of amides is 1. The number of carbonyl (C=O) groups excluding carboxylic acids is 1. The zero-order valence-corrected chi connectivity index (χ0v) is 11.6. The van der Waals surface area contributed by atoms with Crippen LogP contribution in [-0.2, 0) is 17.5 Å². The number of aromatic nitrogens is 1. The van der Waals surface area contributed by atoms with Gasteiger partial charge in [0, 0.05) is 30.5 Å². The van der Waals surface area contributed by atoms with Crippen molar-refractivity contribution < 1.29 is 19.1 Å². The molecule has 0 unspecified atom stereocenters. The molecule has 0 spiro atoms. The van der Waals surface area contributed by atoms with Gasteiger partial charge in [0.25, 0.3) is 0 Å². The second-order valence-corrected chi connectivity index (χ2v) is 5.02. The highest BCUT2D eigenvalue weighted by atomic mass is 16.6. The van der Waals surface area contributed by atoms with Gasteiger partial charge in [-0.1, -0.05) is 6.07 Å². The first kappa shape index (κ1) is 7.84. The molecule has 2 aromatic rings. The number of cyclic esters (lactones) is 1. The first-order chi connectivity index (χ1) is 12.8. The Labute approximate surface area is 134 Å². The molecule has 1 aromatic carbocycles. The first-order valence-corrected chi connectivity index (χ1v) is 6.59. The van der Waals surface area contributed by atoms with E-state index in [2.05, 4.69) is 10.3 Å². The fraction of sp³-hybridized carbons (Fsp3) is 0.438. The smallest absolute Gasteiger partial charge is 0.407 e. The molecule has 5 nitrogen and oxygen atoms in total. The summed E-state index contributed by atoms with van der Waals surface area (Å²) in [5.74, 6) is 0. The first-order valence-electron chi connectivity index (χ1n) is 10.1. The Morgan fingerprint density at radius 1 is 1.67 bits per heavy atom. The number of likely N-dealkylation sites (N-methyl/N-ethyl adjacent to an activating group) is 1. The highest BCUT2D eigenvalue weighted by Gasteiger charge is 2.22. The summed E-state index contributed by atoms with van der Waals surface area (Å²) in [6.07, 6.45) is -2.74. The van der Waals surface area contributed by atoms with Gasteiger partial charge in [-0.2, -0.15) is 0 Å². The molecular weight excluding hydrogens is 266 g/mol. The van der Waals surface area contributed by atoms with Gasteiger partial charge in [0.2, 0.25) is 0 Å². The number of fused-ring (bicyclic) bond motifs is 1. The highest BCUT2D eigenvalue weighted by Crippen LogP contribution is 2.21.